The van der Waals surface area contributed by atoms with Crippen molar-refractivity contribution in [2.45, 2.75) is 96.5 Å². The summed E-state index contributed by atoms with van der Waals surface area (Å²) in [5.41, 5.74) is 2.34. The molecule has 1 aliphatic carbocycles. The van der Waals surface area contributed by atoms with Crippen LogP contribution in [0.5, 0.6) is 0 Å². The lowest BCUT2D eigenvalue weighted by molar-refractivity contribution is -0.144. The molecule has 2 unspecified atom stereocenters. The highest BCUT2D eigenvalue weighted by atomic mass is 16.3. The zero-order valence-electron chi connectivity index (χ0n) is 22.8. The van der Waals surface area contributed by atoms with Crippen molar-refractivity contribution in [3.05, 3.63) is 41.7 Å². The van der Waals surface area contributed by atoms with Crippen LogP contribution in [0.4, 0.5) is 5.69 Å². The third kappa shape index (κ3) is 4.93. The summed E-state index contributed by atoms with van der Waals surface area (Å²) in [6.45, 7) is 9.55. The van der Waals surface area contributed by atoms with E-state index in [0.29, 0.717) is 5.92 Å². The highest BCUT2D eigenvalue weighted by Gasteiger charge is 2.46. The summed E-state index contributed by atoms with van der Waals surface area (Å²) in [5.74, 6) is -0.533. The number of likely N-dealkylation sites (tertiary alicyclic amines) is 1. The van der Waals surface area contributed by atoms with Crippen molar-refractivity contribution in [2.75, 3.05) is 11.4 Å². The Morgan fingerprint density at radius 3 is 2.53 bits per heavy atom. The number of aromatic nitrogens is 3. The van der Waals surface area contributed by atoms with E-state index >= 15 is 0 Å². The zero-order valence-corrected chi connectivity index (χ0v) is 22.8. The Kier molecular flexibility index (Phi) is 6.79. The normalized spacial score (nSPS) is 24.7. The van der Waals surface area contributed by atoms with E-state index < -0.39 is 35.6 Å². The van der Waals surface area contributed by atoms with Crippen molar-refractivity contribution in [1.29, 1.82) is 0 Å². The zero-order chi connectivity index (χ0) is 27.4. The van der Waals surface area contributed by atoms with Crippen molar-refractivity contribution >= 4 is 23.4 Å². The first-order valence-corrected chi connectivity index (χ1v) is 13.6. The number of benzene rings is 1. The smallest absolute Gasteiger partial charge is 0.249 e. The molecule has 0 radical (unpaired) electrons. The lowest BCUT2D eigenvalue weighted by Gasteiger charge is -2.35. The topological polar surface area (TPSA) is 121 Å². The number of para-hydroxylation sites is 1. The van der Waals surface area contributed by atoms with Gasteiger partial charge in [-0.05, 0) is 50.2 Å². The highest BCUT2D eigenvalue weighted by molar-refractivity contribution is 6.02. The fraction of sp³-hybridized carbons (Fsp3) is 0.607. The molecule has 1 aromatic carbocycles. The molecule has 2 aromatic rings. The molecule has 2 fully saturated rings. The van der Waals surface area contributed by atoms with Gasteiger partial charge in [-0.1, -0.05) is 44.2 Å². The lowest BCUT2D eigenvalue weighted by atomic mass is 9.85. The Balaban J connectivity index is 1.32. The van der Waals surface area contributed by atoms with Gasteiger partial charge in [0.05, 0.1) is 11.8 Å². The van der Waals surface area contributed by atoms with Crippen molar-refractivity contribution in [3.63, 3.8) is 0 Å². The predicted octanol–water partition coefficient (Wildman–Crippen LogP) is 2.19. The number of anilines is 1. The van der Waals surface area contributed by atoms with E-state index in [9.17, 15) is 19.5 Å². The van der Waals surface area contributed by atoms with Gasteiger partial charge in [-0.3, -0.25) is 14.4 Å². The summed E-state index contributed by atoms with van der Waals surface area (Å²) >= 11 is 0. The summed E-state index contributed by atoms with van der Waals surface area (Å²) in [4.78, 5) is 44.0. The number of aliphatic hydroxyl groups excluding tert-OH is 1. The van der Waals surface area contributed by atoms with Crippen molar-refractivity contribution in [2.24, 2.45) is 5.41 Å². The maximum atomic E-state index is 13.9. The molecular formula is C28H38N6O4. The molecule has 0 spiro atoms. The minimum atomic E-state index is -0.882. The number of hydrogen-bond acceptors (Lipinski definition) is 6. The molecule has 204 valence electrons. The molecule has 1 saturated carbocycles. The number of nitrogens with one attached hydrogen (secondary N) is 1. The van der Waals surface area contributed by atoms with Gasteiger partial charge in [0.25, 0.3) is 0 Å². The average molecular weight is 523 g/mol. The number of carbonyl (C=O) groups excluding carboxylic acids is 3. The standard InChI is InChI=1S/C28H38N6O4/c1-16-12-19-8-6-7-9-22(19)34(16)26(37)17(2)29-25(36)23-13-20(35)14-32(23)27(38)24(28(3,4)5)33-15-21(30-31-33)18-10-11-18/h6-9,15-18,20,23-24,35H,10-14H2,1-5H3,(H,29,36)/t16?,17?,20-,23+,24-/m1/s1. The molecule has 5 atom stereocenters. The van der Waals surface area contributed by atoms with E-state index in [-0.39, 0.29) is 30.8 Å². The van der Waals surface area contributed by atoms with Crippen LogP contribution in [0, 0.1) is 5.41 Å². The van der Waals surface area contributed by atoms with Crippen LogP contribution in [0.1, 0.15) is 77.1 Å². The van der Waals surface area contributed by atoms with Gasteiger partial charge in [0, 0.05) is 36.8 Å². The Hall–Kier alpha value is -3.27. The van der Waals surface area contributed by atoms with Gasteiger partial charge < -0.3 is 20.2 Å². The SMILES string of the molecule is CC(NC(=O)[C@@H]1C[C@@H](O)CN1C(=O)[C@@H](n1cc(C2CC2)nn1)C(C)(C)C)C(=O)N1c2ccccc2CC1C. The summed E-state index contributed by atoms with van der Waals surface area (Å²) < 4.78 is 1.61. The molecule has 0 bridgehead atoms. The van der Waals surface area contributed by atoms with Crippen LogP contribution < -0.4 is 10.2 Å². The van der Waals surface area contributed by atoms with Gasteiger partial charge in [-0.15, -0.1) is 5.10 Å². The number of aliphatic hydroxyl groups is 1. The number of fused-ring (bicyclic) bond motifs is 1. The van der Waals surface area contributed by atoms with E-state index in [4.69, 9.17) is 0 Å². The van der Waals surface area contributed by atoms with Crippen LogP contribution in [-0.2, 0) is 20.8 Å². The van der Waals surface area contributed by atoms with E-state index in [1.165, 1.54) is 4.90 Å². The van der Waals surface area contributed by atoms with Gasteiger partial charge in [0.1, 0.15) is 18.1 Å². The van der Waals surface area contributed by atoms with Crippen LogP contribution in [-0.4, -0.2) is 73.5 Å². The second-order valence-corrected chi connectivity index (χ2v) is 12.2. The molecule has 5 rings (SSSR count). The molecule has 2 aliphatic heterocycles. The Morgan fingerprint density at radius 1 is 1.13 bits per heavy atom. The summed E-state index contributed by atoms with van der Waals surface area (Å²) in [6.07, 6.45) is 4.03. The third-order valence-corrected chi connectivity index (χ3v) is 7.88. The molecule has 3 amide bonds. The van der Waals surface area contributed by atoms with Crippen LogP contribution in [0.25, 0.3) is 0 Å². The van der Waals surface area contributed by atoms with Gasteiger partial charge in [-0.2, -0.15) is 0 Å². The van der Waals surface area contributed by atoms with Crippen molar-refractivity contribution < 1.29 is 19.5 Å². The first kappa shape index (κ1) is 26.3. The molecular weight excluding hydrogens is 484 g/mol. The maximum Gasteiger partial charge on any atom is 0.249 e. The molecule has 38 heavy (non-hydrogen) atoms. The Morgan fingerprint density at radius 2 is 1.84 bits per heavy atom. The van der Waals surface area contributed by atoms with Crippen LogP contribution in [0.2, 0.25) is 0 Å². The highest BCUT2D eigenvalue weighted by Crippen LogP contribution is 2.40. The Bertz CT molecular complexity index is 1230. The fourth-order valence-electron chi connectivity index (χ4n) is 5.81. The van der Waals surface area contributed by atoms with Crippen LogP contribution >= 0.6 is 0 Å². The van der Waals surface area contributed by atoms with Crippen molar-refractivity contribution in [3.8, 4) is 0 Å². The number of rotatable bonds is 6. The summed E-state index contributed by atoms with van der Waals surface area (Å²) in [5, 5.41) is 21.9. The van der Waals surface area contributed by atoms with Crippen LogP contribution in [0.3, 0.4) is 0 Å². The third-order valence-electron chi connectivity index (χ3n) is 7.88. The first-order valence-electron chi connectivity index (χ1n) is 13.6. The monoisotopic (exact) mass is 522 g/mol. The average Bonchev–Trinajstić information content (AvgIpc) is 3.29. The van der Waals surface area contributed by atoms with E-state index in [1.54, 1.807) is 16.5 Å². The molecule has 1 saturated heterocycles. The maximum absolute atomic E-state index is 13.9. The second kappa shape index (κ2) is 9.80. The number of amides is 3. The quantitative estimate of drug-likeness (QED) is 0.600. The van der Waals surface area contributed by atoms with Gasteiger partial charge in [0.2, 0.25) is 17.7 Å². The van der Waals surface area contributed by atoms with E-state index in [0.717, 1.165) is 36.2 Å². The van der Waals surface area contributed by atoms with Gasteiger partial charge >= 0.3 is 0 Å². The molecule has 3 heterocycles. The summed E-state index contributed by atoms with van der Waals surface area (Å²) in [7, 11) is 0. The minimum absolute atomic E-state index is 0.0126. The first-order chi connectivity index (χ1) is 18.0. The molecule has 3 aliphatic rings. The van der Waals surface area contributed by atoms with E-state index in [1.807, 2.05) is 58.2 Å². The van der Waals surface area contributed by atoms with Crippen LogP contribution in [0.15, 0.2) is 30.5 Å². The number of carbonyl (C=O) groups is 3. The molecule has 10 heteroatoms. The molecule has 2 N–H and O–H groups in total. The number of hydrogen-bond donors (Lipinski definition) is 2. The molecule has 1 aromatic heterocycles. The predicted molar refractivity (Wildman–Crippen MR) is 141 cm³/mol. The number of β-amino-alcohol motifs (C(OH)–C–C–N with tert-alkyl or cyclic N) is 1. The van der Waals surface area contributed by atoms with Crippen molar-refractivity contribution in [1.82, 2.24) is 25.2 Å². The number of nitrogens with zero attached hydrogens (tertiary/aromatic N) is 5. The minimum Gasteiger partial charge on any atom is -0.391 e. The molecule has 10 nitrogen and oxygen atoms in total. The lowest BCUT2D eigenvalue weighted by Crippen LogP contribution is -2.55. The summed E-state index contributed by atoms with van der Waals surface area (Å²) in [6, 6.07) is 5.42. The van der Waals surface area contributed by atoms with Gasteiger partial charge in [0.15, 0.2) is 0 Å². The fourth-order valence-corrected chi connectivity index (χ4v) is 5.81. The second-order valence-electron chi connectivity index (χ2n) is 12.2. The van der Waals surface area contributed by atoms with Gasteiger partial charge in [-0.25, -0.2) is 4.68 Å². The van der Waals surface area contributed by atoms with E-state index in [2.05, 4.69) is 15.6 Å². The Labute approximate surface area is 223 Å². The largest absolute Gasteiger partial charge is 0.391 e.